The van der Waals surface area contributed by atoms with Gasteiger partial charge in [-0.2, -0.15) is 0 Å². The number of nitrogens with two attached hydrogens (primary N) is 1. The maximum Gasteiger partial charge on any atom is 0.472 e. The molecule has 0 aromatic carbocycles. The van der Waals surface area contributed by atoms with Crippen molar-refractivity contribution >= 4 is 19.8 Å². The Morgan fingerprint density at radius 3 is 1.09 bits per heavy atom. The number of hydrogen-bond donors (Lipinski definition) is 2. The molecule has 0 saturated carbocycles. The quantitative estimate of drug-likeness (QED) is 0.0264. The maximum atomic E-state index is 12.7. The van der Waals surface area contributed by atoms with E-state index in [0.29, 0.717) is 12.8 Å². The molecule has 0 heterocycles. The van der Waals surface area contributed by atoms with E-state index >= 15 is 0 Å². The highest BCUT2D eigenvalue weighted by molar-refractivity contribution is 7.47. The van der Waals surface area contributed by atoms with Crippen LogP contribution in [0.5, 0.6) is 0 Å². The Morgan fingerprint density at radius 2 is 0.733 bits per heavy atom. The summed E-state index contributed by atoms with van der Waals surface area (Å²) >= 11 is 0. The topological polar surface area (TPSA) is 134 Å². The van der Waals surface area contributed by atoms with Crippen molar-refractivity contribution in [3.8, 4) is 0 Å². The highest BCUT2D eigenvalue weighted by Gasteiger charge is 2.26. The van der Waals surface area contributed by atoms with Crippen molar-refractivity contribution in [1.29, 1.82) is 0 Å². The second-order valence-electron chi connectivity index (χ2n) is 18.8. The largest absolute Gasteiger partial charge is 0.472 e. The Labute approximate surface area is 458 Å². The van der Waals surface area contributed by atoms with Gasteiger partial charge in [-0.05, 0) is 116 Å². The molecule has 2 unspecified atom stereocenters. The zero-order valence-electron chi connectivity index (χ0n) is 47.2. The second-order valence-corrected chi connectivity index (χ2v) is 20.2. The van der Waals surface area contributed by atoms with E-state index in [2.05, 4.69) is 160 Å². The lowest BCUT2D eigenvalue weighted by atomic mass is 10.0. The molecular formula is C65H106NO8P. The van der Waals surface area contributed by atoms with Crippen LogP contribution in [0.2, 0.25) is 0 Å². The molecular weight excluding hydrogens is 954 g/mol. The van der Waals surface area contributed by atoms with Gasteiger partial charge in [0.1, 0.15) is 6.61 Å². The van der Waals surface area contributed by atoms with Crippen LogP contribution in [-0.2, 0) is 32.7 Å². The number of carbonyl (C=O) groups excluding carboxylic acids is 2. The predicted octanol–water partition coefficient (Wildman–Crippen LogP) is 18.7. The van der Waals surface area contributed by atoms with Crippen molar-refractivity contribution in [1.82, 2.24) is 0 Å². The molecule has 0 aromatic rings. The first kappa shape index (κ1) is 70.9. The van der Waals surface area contributed by atoms with Crippen LogP contribution < -0.4 is 5.73 Å². The third-order valence-electron chi connectivity index (χ3n) is 11.7. The minimum Gasteiger partial charge on any atom is -0.462 e. The smallest absolute Gasteiger partial charge is 0.462 e. The Balaban J connectivity index is 3.95. The van der Waals surface area contributed by atoms with E-state index in [1.54, 1.807) is 0 Å². The standard InChI is InChI=1S/C65H106NO8P/c1-3-5-7-9-11-13-15-17-18-19-20-21-22-23-24-25-26-27-28-29-30-31-32-33-34-35-36-37-38-39-40-41-42-43-44-46-48-50-52-54-56-58-65(68)74-63(62-73-75(69,70)72-60-59-66)61-71-64(67)57-55-53-51-49-47-45-16-14-12-10-8-6-4-2/h5,7-8,10-11,13-14,16-18,20-21,23-24,26-27,29-30,32-33,35-36,38-39,63H,3-4,6,9,12,15,19,22,25,28,31,34,37,40-62,66H2,1-2H3,(H,69,70)/b7-5-,10-8-,13-11-,16-14-,18-17-,21-20-,24-23-,27-26-,30-29-,33-32-,36-35-,39-38-. The molecule has 3 N–H and O–H groups in total. The predicted molar refractivity (Wildman–Crippen MR) is 320 cm³/mol. The molecule has 424 valence electrons. The van der Waals surface area contributed by atoms with Crippen LogP contribution in [0.1, 0.15) is 219 Å². The first-order valence-electron chi connectivity index (χ1n) is 29.3. The van der Waals surface area contributed by atoms with Crippen molar-refractivity contribution in [2.45, 2.75) is 225 Å². The molecule has 0 bridgehead atoms. The maximum absolute atomic E-state index is 12.7. The highest BCUT2D eigenvalue weighted by Crippen LogP contribution is 2.43. The number of phosphoric acid groups is 1. The second kappa shape index (κ2) is 59.1. The Morgan fingerprint density at radius 1 is 0.413 bits per heavy atom. The Bertz CT molecular complexity index is 1730. The minimum absolute atomic E-state index is 0.0441. The van der Waals surface area contributed by atoms with Crippen LogP contribution in [0.4, 0.5) is 0 Å². The number of unbranched alkanes of at least 4 members (excludes halogenated alkanes) is 16. The van der Waals surface area contributed by atoms with Gasteiger partial charge in [0.15, 0.2) is 6.10 Å². The van der Waals surface area contributed by atoms with E-state index in [1.165, 1.54) is 44.9 Å². The molecule has 0 spiro atoms. The van der Waals surface area contributed by atoms with Gasteiger partial charge in [-0.3, -0.25) is 18.6 Å². The van der Waals surface area contributed by atoms with Gasteiger partial charge >= 0.3 is 19.8 Å². The lowest BCUT2D eigenvalue weighted by Gasteiger charge is -2.19. The zero-order valence-corrected chi connectivity index (χ0v) is 48.1. The molecule has 0 amide bonds. The summed E-state index contributed by atoms with van der Waals surface area (Å²) in [5.74, 6) is -0.859. The number of ether oxygens (including phenoxy) is 2. The Hall–Kier alpha value is -4.11. The van der Waals surface area contributed by atoms with E-state index in [-0.39, 0.29) is 32.6 Å². The van der Waals surface area contributed by atoms with E-state index in [0.717, 1.165) is 135 Å². The summed E-state index contributed by atoms with van der Waals surface area (Å²) in [6.07, 6.45) is 84.9. The van der Waals surface area contributed by atoms with Crippen molar-refractivity contribution in [2.24, 2.45) is 5.73 Å². The molecule has 0 rings (SSSR count). The number of carbonyl (C=O) groups is 2. The average molecular weight is 1060 g/mol. The lowest BCUT2D eigenvalue weighted by Crippen LogP contribution is -2.29. The molecule has 75 heavy (non-hydrogen) atoms. The summed E-state index contributed by atoms with van der Waals surface area (Å²) in [6, 6.07) is 0. The molecule has 10 heteroatoms. The summed E-state index contributed by atoms with van der Waals surface area (Å²) in [7, 11) is -4.40. The number of esters is 2. The third-order valence-corrected chi connectivity index (χ3v) is 12.7. The molecule has 0 aliphatic heterocycles. The van der Waals surface area contributed by atoms with Crippen molar-refractivity contribution in [3.63, 3.8) is 0 Å². The average Bonchev–Trinajstić information content (AvgIpc) is 3.40. The zero-order chi connectivity index (χ0) is 54.5. The summed E-state index contributed by atoms with van der Waals surface area (Å²) in [5, 5.41) is 0. The Kier molecular flexibility index (Phi) is 55.9. The van der Waals surface area contributed by atoms with Crippen molar-refractivity contribution < 1.29 is 37.6 Å². The minimum atomic E-state index is -4.40. The van der Waals surface area contributed by atoms with E-state index in [1.807, 2.05) is 0 Å². The van der Waals surface area contributed by atoms with Gasteiger partial charge in [0.2, 0.25) is 0 Å². The molecule has 0 aliphatic rings. The van der Waals surface area contributed by atoms with Gasteiger partial charge < -0.3 is 20.1 Å². The summed E-state index contributed by atoms with van der Waals surface area (Å²) in [5.41, 5.74) is 5.37. The number of allylic oxidation sites excluding steroid dienone is 24. The fraction of sp³-hybridized carbons (Fsp3) is 0.600. The van der Waals surface area contributed by atoms with Crippen LogP contribution in [-0.4, -0.2) is 49.3 Å². The van der Waals surface area contributed by atoms with Crippen LogP contribution in [0.3, 0.4) is 0 Å². The van der Waals surface area contributed by atoms with Crippen LogP contribution in [0, 0.1) is 0 Å². The van der Waals surface area contributed by atoms with Gasteiger partial charge in [-0.15, -0.1) is 0 Å². The summed E-state index contributed by atoms with van der Waals surface area (Å²) < 4.78 is 32.9. The molecule has 0 fully saturated rings. The van der Waals surface area contributed by atoms with Gasteiger partial charge in [0.05, 0.1) is 13.2 Å². The molecule has 2 atom stereocenters. The normalized spacial score (nSPS) is 14.1. The van der Waals surface area contributed by atoms with Gasteiger partial charge in [0, 0.05) is 19.4 Å². The highest BCUT2D eigenvalue weighted by atomic mass is 31.2. The number of rotatable bonds is 53. The fourth-order valence-corrected chi connectivity index (χ4v) is 8.17. The van der Waals surface area contributed by atoms with E-state index in [4.69, 9.17) is 24.3 Å². The van der Waals surface area contributed by atoms with Gasteiger partial charge in [-0.25, -0.2) is 4.57 Å². The monoisotopic (exact) mass is 1060 g/mol. The third kappa shape index (κ3) is 59.0. The molecule has 0 radical (unpaired) electrons. The van der Waals surface area contributed by atoms with Gasteiger partial charge in [0.25, 0.3) is 0 Å². The van der Waals surface area contributed by atoms with Crippen LogP contribution in [0.25, 0.3) is 0 Å². The van der Waals surface area contributed by atoms with Crippen LogP contribution >= 0.6 is 7.82 Å². The fourth-order valence-electron chi connectivity index (χ4n) is 7.41. The first-order chi connectivity index (χ1) is 36.8. The molecule has 0 saturated heterocycles. The van der Waals surface area contributed by atoms with Crippen LogP contribution in [0.15, 0.2) is 146 Å². The SMILES string of the molecule is CC/C=C\C/C=C\C/C=C\C/C=C\C/C=C\C/C=C\C/C=C\C/C=C\C/C=C\C/C=C\CCCCCCCCCCCCC(=O)OC(COC(=O)CCCCCCC/C=C\C/C=C\CCC)COP(=O)(O)OCCN. The van der Waals surface area contributed by atoms with Crippen molar-refractivity contribution in [2.75, 3.05) is 26.4 Å². The van der Waals surface area contributed by atoms with Gasteiger partial charge in [-0.1, -0.05) is 237 Å². The van der Waals surface area contributed by atoms with E-state index in [9.17, 15) is 19.0 Å². The first-order valence-corrected chi connectivity index (χ1v) is 30.8. The van der Waals surface area contributed by atoms with Crippen molar-refractivity contribution in [3.05, 3.63) is 146 Å². The number of phosphoric ester groups is 1. The number of hydrogen-bond acceptors (Lipinski definition) is 8. The molecule has 0 aliphatic carbocycles. The summed E-state index contributed by atoms with van der Waals surface area (Å²) in [6.45, 7) is 3.52. The lowest BCUT2D eigenvalue weighted by molar-refractivity contribution is -0.161. The van der Waals surface area contributed by atoms with E-state index < -0.39 is 32.5 Å². The molecule has 9 nitrogen and oxygen atoms in total. The molecule has 0 aromatic heterocycles. The summed E-state index contributed by atoms with van der Waals surface area (Å²) in [4.78, 5) is 35.1.